The topological polar surface area (TPSA) is 84.2 Å². The third kappa shape index (κ3) is 4.41. The SMILES string of the molecule is Cc1ccc(C)c(NC(=O)c2ncoc2-c2ccccc2C(=O)Nc2cccc(F)c2)c1. The standard InChI is InChI=1S/C25H20FN3O3/c1-15-10-11-16(2)21(12-15)29-25(31)22-23(32-14-27-22)19-8-3-4-9-20(19)24(30)28-18-7-5-6-17(26)13-18/h3-14H,1-2H3,(H,28,30)(H,29,31). The van der Waals surface area contributed by atoms with Crippen molar-refractivity contribution in [2.45, 2.75) is 13.8 Å². The molecule has 0 unspecified atom stereocenters. The number of halogens is 1. The van der Waals surface area contributed by atoms with Crippen LogP contribution in [0.2, 0.25) is 0 Å². The highest BCUT2D eigenvalue weighted by molar-refractivity contribution is 6.11. The van der Waals surface area contributed by atoms with Crippen LogP contribution >= 0.6 is 0 Å². The Labute approximate surface area is 184 Å². The number of amides is 2. The molecule has 1 heterocycles. The van der Waals surface area contributed by atoms with Gasteiger partial charge in [-0.15, -0.1) is 0 Å². The number of benzene rings is 3. The summed E-state index contributed by atoms with van der Waals surface area (Å²) in [5.41, 5.74) is 3.60. The first-order valence-electron chi connectivity index (χ1n) is 9.91. The van der Waals surface area contributed by atoms with Crippen molar-refractivity contribution in [1.82, 2.24) is 4.98 Å². The summed E-state index contributed by atoms with van der Waals surface area (Å²) in [5, 5.41) is 5.52. The number of oxazole rings is 1. The van der Waals surface area contributed by atoms with Gasteiger partial charge in [0.2, 0.25) is 0 Å². The molecule has 0 bridgehead atoms. The Hall–Kier alpha value is -4.26. The molecule has 0 spiro atoms. The molecule has 1 aromatic heterocycles. The van der Waals surface area contributed by atoms with Crippen molar-refractivity contribution < 1.29 is 18.4 Å². The van der Waals surface area contributed by atoms with Crippen LogP contribution in [0.25, 0.3) is 11.3 Å². The van der Waals surface area contributed by atoms with Crippen LogP contribution < -0.4 is 10.6 Å². The molecule has 3 aromatic carbocycles. The van der Waals surface area contributed by atoms with E-state index in [1.165, 1.54) is 18.2 Å². The lowest BCUT2D eigenvalue weighted by atomic mass is 10.0. The van der Waals surface area contributed by atoms with E-state index in [-0.39, 0.29) is 17.0 Å². The van der Waals surface area contributed by atoms with Gasteiger partial charge in [0.1, 0.15) is 5.82 Å². The number of hydrogen-bond acceptors (Lipinski definition) is 4. The number of carbonyl (C=O) groups excluding carboxylic acids is 2. The van der Waals surface area contributed by atoms with E-state index in [1.807, 2.05) is 32.0 Å². The van der Waals surface area contributed by atoms with Crippen LogP contribution in [0.4, 0.5) is 15.8 Å². The van der Waals surface area contributed by atoms with Crippen LogP contribution in [0.1, 0.15) is 32.0 Å². The maximum absolute atomic E-state index is 13.5. The average Bonchev–Trinajstić information content (AvgIpc) is 3.26. The predicted octanol–water partition coefficient (Wildman–Crippen LogP) is 5.60. The molecule has 0 fully saturated rings. The molecule has 32 heavy (non-hydrogen) atoms. The Morgan fingerprint density at radius 1 is 0.906 bits per heavy atom. The minimum atomic E-state index is -0.469. The first-order valence-corrected chi connectivity index (χ1v) is 9.91. The molecule has 7 heteroatoms. The zero-order chi connectivity index (χ0) is 22.7. The number of carbonyl (C=O) groups is 2. The Kier molecular flexibility index (Phi) is 5.81. The predicted molar refractivity (Wildman–Crippen MR) is 120 cm³/mol. The van der Waals surface area contributed by atoms with Gasteiger partial charge in [-0.3, -0.25) is 9.59 Å². The molecule has 2 N–H and O–H groups in total. The van der Waals surface area contributed by atoms with Gasteiger partial charge in [0.15, 0.2) is 17.8 Å². The second-order valence-corrected chi connectivity index (χ2v) is 7.31. The second-order valence-electron chi connectivity index (χ2n) is 7.31. The van der Waals surface area contributed by atoms with Crippen LogP contribution in [0, 0.1) is 19.7 Å². The van der Waals surface area contributed by atoms with Crippen molar-refractivity contribution in [1.29, 1.82) is 0 Å². The van der Waals surface area contributed by atoms with Gasteiger partial charge in [0, 0.05) is 16.9 Å². The first-order chi connectivity index (χ1) is 15.4. The number of aryl methyl sites for hydroxylation is 2. The van der Waals surface area contributed by atoms with E-state index in [1.54, 1.807) is 30.3 Å². The van der Waals surface area contributed by atoms with Gasteiger partial charge in [0.05, 0.1) is 5.56 Å². The molecule has 2 amide bonds. The van der Waals surface area contributed by atoms with Gasteiger partial charge in [-0.25, -0.2) is 9.37 Å². The largest absolute Gasteiger partial charge is 0.443 e. The Bertz CT molecular complexity index is 1310. The molecule has 0 saturated heterocycles. The first kappa shape index (κ1) is 21.0. The fourth-order valence-corrected chi connectivity index (χ4v) is 3.29. The third-order valence-corrected chi connectivity index (χ3v) is 4.92. The summed E-state index contributed by atoms with van der Waals surface area (Å²) >= 11 is 0. The van der Waals surface area contributed by atoms with Gasteiger partial charge in [-0.05, 0) is 55.3 Å². The summed E-state index contributed by atoms with van der Waals surface area (Å²) in [6.07, 6.45) is 1.16. The monoisotopic (exact) mass is 429 g/mol. The van der Waals surface area contributed by atoms with E-state index in [0.29, 0.717) is 16.9 Å². The van der Waals surface area contributed by atoms with Crippen LogP contribution in [-0.4, -0.2) is 16.8 Å². The third-order valence-electron chi connectivity index (χ3n) is 4.92. The van der Waals surface area contributed by atoms with Crippen molar-refractivity contribution in [3.05, 3.63) is 101 Å². The maximum atomic E-state index is 13.5. The van der Waals surface area contributed by atoms with Gasteiger partial charge in [-0.1, -0.05) is 36.4 Å². The molecule has 0 aliphatic carbocycles. The van der Waals surface area contributed by atoms with Gasteiger partial charge in [-0.2, -0.15) is 0 Å². The summed E-state index contributed by atoms with van der Waals surface area (Å²) < 4.78 is 19.0. The lowest BCUT2D eigenvalue weighted by Gasteiger charge is -2.11. The van der Waals surface area contributed by atoms with E-state index >= 15 is 0 Å². The molecule has 4 aromatic rings. The highest BCUT2D eigenvalue weighted by atomic mass is 19.1. The normalized spacial score (nSPS) is 10.6. The van der Waals surface area contributed by atoms with Crippen molar-refractivity contribution in [3.8, 4) is 11.3 Å². The van der Waals surface area contributed by atoms with E-state index < -0.39 is 17.6 Å². The maximum Gasteiger partial charge on any atom is 0.278 e. The summed E-state index contributed by atoms with van der Waals surface area (Å²) in [6.45, 7) is 3.83. The van der Waals surface area contributed by atoms with Crippen LogP contribution in [-0.2, 0) is 0 Å². The van der Waals surface area contributed by atoms with E-state index in [4.69, 9.17) is 4.42 Å². The molecular weight excluding hydrogens is 409 g/mol. The number of rotatable bonds is 5. The minimum Gasteiger partial charge on any atom is -0.443 e. The van der Waals surface area contributed by atoms with Gasteiger partial charge in [0.25, 0.3) is 11.8 Å². The zero-order valence-corrected chi connectivity index (χ0v) is 17.5. The molecule has 160 valence electrons. The number of nitrogens with one attached hydrogen (secondary N) is 2. The highest BCUT2D eigenvalue weighted by Gasteiger charge is 2.23. The van der Waals surface area contributed by atoms with Gasteiger partial charge >= 0.3 is 0 Å². The Morgan fingerprint density at radius 2 is 1.72 bits per heavy atom. The van der Waals surface area contributed by atoms with E-state index in [0.717, 1.165) is 17.5 Å². The van der Waals surface area contributed by atoms with Gasteiger partial charge < -0.3 is 15.1 Å². The lowest BCUT2D eigenvalue weighted by molar-refractivity contribution is 0.101. The molecule has 0 atom stereocenters. The second kappa shape index (κ2) is 8.85. The molecular formula is C25H20FN3O3. The number of aromatic nitrogens is 1. The van der Waals surface area contributed by atoms with Crippen molar-refractivity contribution in [2.75, 3.05) is 10.6 Å². The lowest BCUT2D eigenvalue weighted by Crippen LogP contribution is -2.16. The number of hydrogen-bond donors (Lipinski definition) is 2. The molecule has 0 radical (unpaired) electrons. The number of anilines is 2. The minimum absolute atomic E-state index is 0.0527. The molecule has 0 aliphatic rings. The molecule has 4 rings (SSSR count). The van der Waals surface area contributed by atoms with Crippen molar-refractivity contribution >= 4 is 23.2 Å². The summed E-state index contributed by atoms with van der Waals surface area (Å²) in [7, 11) is 0. The molecule has 0 aliphatic heterocycles. The van der Waals surface area contributed by atoms with Crippen molar-refractivity contribution in [2.24, 2.45) is 0 Å². The fourth-order valence-electron chi connectivity index (χ4n) is 3.29. The molecule has 0 saturated carbocycles. The Morgan fingerprint density at radius 3 is 2.53 bits per heavy atom. The average molecular weight is 429 g/mol. The highest BCUT2D eigenvalue weighted by Crippen LogP contribution is 2.28. The smallest absolute Gasteiger partial charge is 0.278 e. The fraction of sp³-hybridized carbons (Fsp3) is 0.0800. The summed E-state index contributed by atoms with van der Waals surface area (Å²) in [6, 6.07) is 18.0. The Balaban J connectivity index is 1.65. The van der Waals surface area contributed by atoms with Crippen LogP contribution in [0.15, 0.2) is 77.5 Å². The van der Waals surface area contributed by atoms with Crippen LogP contribution in [0.3, 0.4) is 0 Å². The van der Waals surface area contributed by atoms with E-state index in [2.05, 4.69) is 15.6 Å². The number of nitrogens with zero attached hydrogens (tertiary/aromatic N) is 1. The molecule has 6 nitrogen and oxygen atoms in total. The van der Waals surface area contributed by atoms with Crippen LogP contribution in [0.5, 0.6) is 0 Å². The summed E-state index contributed by atoms with van der Waals surface area (Å²) in [5.74, 6) is -1.22. The van der Waals surface area contributed by atoms with E-state index in [9.17, 15) is 14.0 Å². The van der Waals surface area contributed by atoms with Crippen molar-refractivity contribution in [3.63, 3.8) is 0 Å². The quantitative estimate of drug-likeness (QED) is 0.432. The zero-order valence-electron chi connectivity index (χ0n) is 17.5. The summed E-state index contributed by atoms with van der Waals surface area (Å²) in [4.78, 5) is 29.9.